The smallest absolute Gasteiger partial charge is 0.241 e. The standard InChI is InChI=1S/C22H25N3O3S2/c1-22(2,3)18-6-8-19(9-7-18)30(27,28)25-14-20(26)24-13-16-5-4-11-23-21(16)17-10-12-29-15-17/h4-12,15,25H,13-14H2,1-3H3,(H,24,26). The normalized spacial score (nSPS) is 12.0. The third-order valence-electron chi connectivity index (χ3n) is 4.62. The summed E-state index contributed by atoms with van der Waals surface area (Å²) in [5.41, 5.74) is 3.63. The number of hydrogen-bond donors (Lipinski definition) is 2. The molecule has 0 saturated heterocycles. The van der Waals surface area contributed by atoms with E-state index in [9.17, 15) is 13.2 Å². The number of hydrogen-bond acceptors (Lipinski definition) is 5. The Hall–Kier alpha value is -2.55. The SMILES string of the molecule is CC(C)(C)c1ccc(S(=O)(=O)NCC(=O)NCc2cccnc2-c2ccsc2)cc1. The summed E-state index contributed by atoms with van der Waals surface area (Å²) >= 11 is 1.57. The summed E-state index contributed by atoms with van der Waals surface area (Å²) < 4.78 is 27.3. The predicted octanol–water partition coefficient (Wildman–Crippen LogP) is 3.70. The molecule has 3 rings (SSSR count). The second kappa shape index (κ2) is 9.07. The summed E-state index contributed by atoms with van der Waals surface area (Å²) in [6, 6.07) is 12.4. The number of carbonyl (C=O) groups excluding carboxylic acids is 1. The van der Waals surface area contributed by atoms with Gasteiger partial charge >= 0.3 is 0 Å². The Morgan fingerprint density at radius 3 is 2.47 bits per heavy atom. The zero-order valence-corrected chi connectivity index (χ0v) is 18.8. The molecule has 1 aromatic carbocycles. The van der Waals surface area contributed by atoms with Gasteiger partial charge < -0.3 is 5.32 Å². The molecular weight excluding hydrogens is 418 g/mol. The van der Waals surface area contributed by atoms with Crippen molar-refractivity contribution in [3.8, 4) is 11.3 Å². The van der Waals surface area contributed by atoms with Crippen LogP contribution in [0.15, 0.2) is 64.3 Å². The van der Waals surface area contributed by atoms with Gasteiger partial charge in [0.15, 0.2) is 0 Å². The largest absolute Gasteiger partial charge is 0.351 e. The molecular formula is C22H25N3O3S2. The average Bonchev–Trinajstić information content (AvgIpc) is 3.25. The van der Waals surface area contributed by atoms with E-state index in [-0.39, 0.29) is 23.4 Å². The van der Waals surface area contributed by atoms with Crippen molar-refractivity contribution in [2.24, 2.45) is 0 Å². The average molecular weight is 444 g/mol. The fraction of sp³-hybridized carbons (Fsp3) is 0.273. The van der Waals surface area contributed by atoms with E-state index < -0.39 is 15.9 Å². The number of nitrogens with zero attached hydrogens (tertiary/aromatic N) is 1. The van der Waals surface area contributed by atoms with Crippen LogP contribution in [0.1, 0.15) is 31.9 Å². The highest BCUT2D eigenvalue weighted by Gasteiger charge is 2.18. The quantitative estimate of drug-likeness (QED) is 0.583. The second-order valence-corrected chi connectivity index (χ2v) is 10.4. The molecule has 0 aliphatic rings. The van der Waals surface area contributed by atoms with Crippen molar-refractivity contribution in [1.29, 1.82) is 0 Å². The third-order valence-corrected chi connectivity index (χ3v) is 6.72. The highest BCUT2D eigenvalue weighted by molar-refractivity contribution is 7.89. The van der Waals surface area contributed by atoms with Crippen LogP contribution in [0.3, 0.4) is 0 Å². The lowest BCUT2D eigenvalue weighted by Crippen LogP contribution is -2.36. The number of aromatic nitrogens is 1. The zero-order chi connectivity index (χ0) is 21.8. The number of sulfonamides is 1. The molecule has 1 amide bonds. The molecule has 2 heterocycles. The van der Waals surface area contributed by atoms with Crippen LogP contribution in [0.4, 0.5) is 0 Å². The summed E-state index contributed by atoms with van der Waals surface area (Å²) in [5, 5.41) is 6.71. The van der Waals surface area contributed by atoms with Crippen LogP contribution in [0.5, 0.6) is 0 Å². The molecule has 0 saturated carbocycles. The van der Waals surface area contributed by atoms with E-state index >= 15 is 0 Å². The molecule has 30 heavy (non-hydrogen) atoms. The van der Waals surface area contributed by atoms with Crippen molar-refractivity contribution < 1.29 is 13.2 Å². The number of pyridine rings is 1. The van der Waals surface area contributed by atoms with Crippen LogP contribution < -0.4 is 10.0 Å². The van der Waals surface area contributed by atoms with E-state index in [1.54, 1.807) is 47.9 Å². The van der Waals surface area contributed by atoms with Crippen molar-refractivity contribution >= 4 is 27.3 Å². The molecule has 0 atom stereocenters. The van der Waals surface area contributed by atoms with Gasteiger partial charge in [0.25, 0.3) is 0 Å². The van der Waals surface area contributed by atoms with Crippen LogP contribution in [0.25, 0.3) is 11.3 Å². The van der Waals surface area contributed by atoms with Gasteiger partial charge in [-0.05, 0) is 46.2 Å². The monoisotopic (exact) mass is 443 g/mol. The van der Waals surface area contributed by atoms with E-state index in [1.807, 2.05) is 22.9 Å². The van der Waals surface area contributed by atoms with Crippen molar-refractivity contribution in [2.45, 2.75) is 37.6 Å². The van der Waals surface area contributed by atoms with Crippen molar-refractivity contribution in [3.63, 3.8) is 0 Å². The molecule has 0 fully saturated rings. The van der Waals surface area contributed by atoms with Gasteiger partial charge in [-0.3, -0.25) is 9.78 Å². The number of thiophene rings is 1. The maximum atomic E-state index is 12.5. The van der Waals surface area contributed by atoms with Crippen LogP contribution in [-0.4, -0.2) is 25.9 Å². The van der Waals surface area contributed by atoms with Crippen LogP contribution in [-0.2, 0) is 26.8 Å². The van der Waals surface area contributed by atoms with E-state index in [2.05, 4.69) is 35.8 Å². The topological polar surface area (TPSA) is 88.2 Å². The van der Waals surface area contributed by atoms with E-state index in [0.717, 1.165) is 22.4 Å². The molecule has 3 aromatic rings. The van der Waals surface area contributed by atoms with Gasteiger partial charge in [0.1, 0.15) is 0 Å². The summed E-state index contributed by atoms with van der Waals surface area (Å²) in [7, 11) is -3.77. The highest BCUT2D eigenvalue weighted by Crippen LogP contribution is 2.24. The van der Waals surface area contributed by atoms with Crippen molar-refractivity contribution in [1.82, 2.24) is 15.0 Å². The Morgan fingerprint density at radius 2 is 1.83 bits per heavy atom. The summed E-state index contributed by atoms with van der Waals surface area (Å²) in [6.45, 7) is 6.11. The fourth-order valence-corrected chi connectivity index (χ4v) is 4.50. The van der Waals surface area contributed by atoms with Gasteiger partial charge in [-0.25, -0.2) is 13.1 Å². The second-order valence-electron chi connectivity index (χ2n) is 7.90. The molecule has 0 aliphatic heterocycles. The Labute approximate surface area is 181 Å². The maximum Gasteiger partial charge on any atom is 0.241 e. The molecule has 2 aromatic heterocycles. The van der Waals surface area contributed by atoms with Gasteiger partial charge in [0.2, 0.25) is 15.9 Å². The van der Waals surface area contributed by atoms with E-state index in [4.69, 9.17) is 0 Å². The van der Waals surface area contributed by atoms with Gasteiger partial charge in [-0.15, -0.1) is 0 Å². The van der Waals surface area contributed by atoms with Gasteiger partial charge in [-0.2, -0.15) is 11.3 Å². The first-order chi connectivity index (χ1) is 14.2. The van der Waals surface area contributed by atoms with Crippen LogP contribution in [0.2, 0.25) is 0 Å². The number of rotatable bonds is 7. The van der Waals surface area contributed by atoms with Gasteiger partial charge in [-0.1, -0.05) is 39.0 Å². The lowest BCUT2D eigenvalue weighted by atomic mass is 9.87. The summed E-state index contributed by atoms with van der Waals surface area (Å²) in [6.07, 6.45) is 1.71. The first kappa shape index (κ1) is 22.1. The molecule has 0 spiro atoms. The minimum atomic E-state index is -3.77. The minimum Gasteiger partial charge on any atom is -0.351 e. The molecule has 2 N–H and O–H groups in total. The number of amides is 1. The molecule has 0 aliphatic carbocycles. The fourth-order valence-electron chi connectivity index (χ4n) is 2.87. The number of benzene rings is 1. The molecule has 8 heteroatoms. The number of carbonyl (C=O) groups is 1. The zero-order valence-electron chi connectivity index (χ0n) is 17.2. The lowest BCUT2D eigenvalue weighted by Gasteiger charge is -2.19. The predicted molar refractivity (Wildman–Crippen MR) is 120 cm³/mol. The molecule has 0 radical (unpaired) electrons. The lowest BCUT2D eigenvalue weighted by molar-refractivity contribution is -0.120. The highest BCUT2D eigenvalue weighted by atomic mass is 32.2. The molecule has 158 valence electrons. The first-order valence-corrected chi connectivity index (χ1v) is 11.9. The Kier molecular flexibility index (Phi) is 6.70. The molecule has 0 bridgehead atoms. The Morgan fingerprint density at radius 1 is 1.10 bits per heavy atom. The summed E-state index contributed by atoms with van der Waals surface area (Å²) in [4.78, 5) is 16.7. The Bertz CT molecular complexity index is 1100. The van der Waals surface area contributed by atoms with Gasteiger partial charge in [0.05, 0.1) is 17.1 Å². The maximum absolute atomic E-state index is 12.5. The first-order valence-electron chi connectivity index (χ1n) is 9.50. The molecule has 0 unspecified atom stereocenters. The minimum absolute atomic E-state index is 0.0657. The Balaban J connectivity index is 1.59. The van der Waals surface area contributed by atoms with Crippen LogP contribution >= 0.6 is 11.3 Å². The third kappa shape index (κ3) is 5.53. The van der Waals surface area contributed by atoms with E-state index in [0.29, 0.717) is 0 Å². The number of nitrogens with one attached hydrogen (secondary N) is 2. The van der Waals surface area contributed by atoms with Gasteiger partial charge in [0, 0.05) is 23.7 Å². The van der Waals surface area contributed by atoms with Crippen molar-refractivity contribution in [2.75, 3.05) is 6.54 Å². The molecule has 6 nitrogen and oxygen atoms in total. The van der Waals surface area contributed by atoms with E-state index in [1.165, 1.54) is 0 Å². The van der Waals surface area contributed by atoms with Crippen LogP contribution in [0, 0.1) is 0 Å². The summed E-state index contributed by atoms with van der Waals surface area (Å²) in [5.74, 6) is -0.412. The van der Waals surface area contributed by atoms with Crippen molar-refractivity contribution in [3.05, 3.63) is 70.5 Å².